The van der Waals surface area contributed by atoms with E-state index < -0.39 is 0 Å². The van der Waals surface area contributed by atoms with Gasteiger partial charge in [-0.25, -0.2) is 4.39 Å². The second-order valence-electron chi connectivity index (χ2n) is 4.98. The summed E-state index contributed by atoms with van der Waals surface area (Å²) in [6.45, 7) is 5.99. The lowest BCUT2D eigenvalue weighted by Crippen LogP contribution is -2.23. The van der Waals surface area contributed by atoms with Gasteiger partial charge in [0.2, 0.25) is 0 Å². The highest BCUT2D eigenvalue weighted by atomic mass is 79.9. The Labute approximate surface area is 118 Å². The minimum Gasteiger partial charge on any atom is -0.295 e. The number of benzene rings is 1. The standard InChI is InChI=1S/C12H13BrFN3S/c1-12(2,3)17-10(15-16-11(17)18)8-6-7(13)4-5-9(8)14/h4-6H,1-3H3,(H,16,18). The van der Waals surface area contributed by atoms with Crippen molar-refractivity contribution in [2.45, 2.75) is 26.3 Å². The minimum atomic E-state index is -0.322. The van der Waals surface area contributed by atoms with E-state index in [1.54, 1.807) is 12.1 Å². The van der Waals surface area contributed by atoms with E-state index in [1.165, 1.54) is 6.07 Å². The molecule has 1 aromatic heterocycles. The van der Waals surface area contributed by atoms with Gasteiger partial charge in [-0.15, -0.1) is 0 Å². The molecule has 0 amide bonds. The van der Waals surface area contributed by atoms with E-state index in [4.69, 9.17) is 12.2 Å². The van der Waals surface area contributed by atoms with Gasteiger partial charge in [-0.3, -0.25) is 9.67 Å². The number of aromatic nitrogens is 3. The van der Waals surface area contributed by atoms with Crippen molar-refractivity contribution in [3.63, 3.8) is 0 Å². The molecule has 2 aromatic rings. The molecule has 0 spiro atoms. The summed E-state index contributed by atoms with van der Waals surface area (Å²) >= 11 is 8.54. The van der Waals surface area contributed by atoms with Gasteiger partial charge in [-0.2, -0.15) is 5.10 Å². The second kappa shape index (κ2) is 4.59. The van der Waals surface area contributed by atoms with E-state index >= 15 is 0 Å². The van der Waals surface area contributed by atoms with Crippen LogP contribution < -0.4 is 0 Å². The third-order valence-corrected chi connectivity index (χ3v) is 3.28. The lowest BCUT2D eigenvalue weighted by atomic mass is 10.1. The van der Waals surface area contributed by atoms with Crippen molar-refractivity contribution in [3.05, 3.63) is 33.3 Å². The van der Waals surface area contributed by atoms with E-state index in [0.717, 1.165) is 4.47 Å². The van der Waals surface area contributed by atoms with Gasteiger partial charge in [0.25, 0.3) is 0 Å². The minimum absolute atomic E-state index is 0.270. The Morgan fingerprint density at radius 2 is 2.06 bits per heavy atom. The fraction of sp³-hybridized carbons (Fsp3) is 0.333. The molecule has 0 aliphatic carbocycles. The Kier molecular flexibility index (Phi) is 3.42. The summed E-state index contributed by atoms with van der Waals surface area (Å²) in [6.07, 6.45) is 0. The first-order chi connectivity index (χ1) is 8.30. The number of nitrogens with one attached hydrogen (secondary N) is 1. The molecule has 0 saturated carbocycles. The van der Waals surface area contributed by atoms with Crippen LogP contribution in [0.4, 0.5) is 4.39 Å². The molecule has 0 saturated heterocycles. The summed E-state index contributed by atoms with van der Waals surface area (Å²) in [4.78, 5) is 0. The maximum atomic E-state index is 13.9. The molecule has 0 aliphatic heterocycles. The number of nitrogens with zero attached hydrogens (tertiary/aromatic N) is 2. The van der Waals surface area contributed by atoms with Crippen molar-refractivity contribution >= 4 is 28.1 Å². The molecule has 6 heteroatoms. The Hall–Kier alpha value is -1.01. The van der Waals surface area contributed by atoms with Crippen LogP contribution in [0.1, 0.15) is 20.8 Å². The summed E-state index contributed by atoms with van der Waals surface area (Å²) in [7, 11) is 0. The maximum Gasteiger partial charge on any atom is 0.195 e. The van der Waals surface area contributed by atoms with Crippen LogP contribution in [0.5, 0.6) is 0 Å². The van der Waals surface area contributed by atoms with Crippen LogP contribution in [-0.2, 0) is 5.54 Å². The molecule has 1 N–H and O–H groups in total. The molecule has 0 radical (unpaired) electrons. The number of hydrogen-bond donors (Lipinski definition) is 1. The molecular formula is C12H13BrFN3S. The third kappa shape index (κ3) is 2.40. The van der Waals surface area contributed by atoms with Crippen molar-refractivity contribution in [1.29, 1.82) is 0 Å². The van der Waals surface area contributed by atoms with Crippen LogP contribution in [0.2, 0.25) is 0 Å². The van der Waals surface area contributed by atoms with Gasteiger partial charge in [0.15, 0.2) is 10.6 Å². The molecule has 0 bridgehead atoms. The van der Waals surface area contributed by atoms with Crippen molar-refractivity contribution in [2.24, 2.45) is 0 Å². The van der Waals surface area contributed by atoms with Crippen LogP contribution in [-0.4, -0.2) is 14.8 Å². The zero-order chi connectivity index (χ0) is 13.5. The summed E-state index contributed by atoms with van der Waals surface area (Å²) < 4.78 is 17.0. The summed E-state index contributed by atoms with van der Waals surface area (Å²) in [5.74, 6) is 0.184. The van der Waals surface area contributed by atoms with Crippen LogP contribution in [0.15, 0.2) is 22.7 Å². The van der Waals surface area contributed by atoms with Crippen LogP contribution in [0, 0.1) is 10.6 Å². The zero-order valence-corrected chi connectivity index (χ0v) is 12.7. The van der Waals surface area contributed by atoms with Crippen molar-refractivity contribution < 1.29 is 4.39 Å². The fourth-order valence-electron chi connectivity index (χ4n) is 1.77. The van der Waals surface area contributed by atoms with E-state index in [0.29, 0.717) is 16.2 Å². The number of H-pyrrole nitrogens is 1. The highest BCUT2D eigenvalue weighted by molar-refractivity contribution is 9.10. The predicted octanol–water partition coefficient (Wildman–Crippen LogP) is 4.26. The Balaban J connectivity index is 2.73. The number of rotatable bonds is 1. The van der Waals surface area contributed by atoms with Gasteiger partial charge in [0.1, 0.15) is 5.82 Å². The quantitative estimate of drug-likeness (QED) is 0.793. The number of halogens is 2. The van der Waals surface area contributed by atoms with Crippen molar-refractivity contribution in [2.75, 3.05) is 0 Å². The van der Waals surface area contributed by atoms with Crippen molar-refractivity contribution in [1.82, 2.24) is 14.8 Å². The molecule has 1 aromatic carbocycles. The topological polar surface area (TPSA) is 33.6 Å². The average Bonchev–Trinajstić information content (AvgIpc) is 2.63. The lowest BCUT2D eigenvalue weighted by Gasteiger charge is -2.22. The first-order valence-electron chi connectivity index (χ1n) is 5.44. The SMILES string of the molecule is CC(C)(C)n1c(-c2cc(Br)ccc2F)n[nH]c1=S. The normalized spacial score (nSPS) is 11.8. The fourth-order valence-corrected chi connectivity index (χ4v) is 2.54. The highest BCUT2D eigenvalue weighted by Gasteiger charge is 2.22. The second-order valence-corrected chi connectivity index (χ2v) is 6.29. The summed E-state index contributed by atoms with van der Waals surface area (Å²) in [5, 5.41) is 6.86. The van der Waals surface area contributed by atoms with Gasteiger partial charge in [0, 0.05) is 10.0 Å². The van der Waals surface area contributed by atoms with Gasteiger partial charge >= 0.3 is 0 Å². The van der Waals surface area contributed by atoms with Crippen molar-refractivity contribution in [3.8, 4) is 11.4 Å². The molecule has 1 heterocycles. The Morgan fingerprint density at radius 1 is 1.39 bits per heavy atom. The average molecular weight is 330 g/mol. The monoisotopic (exact) mass is 329 g/mol. The number of hydrogen-bond acceptors (Lipinski definition) is 2. The predicted molar refractivity (Wildman–Crippen MR) is 75.5 cm³/mol. The van der Waals surface area contributed by atoms with Gasteiger partial charge in [0.05, 0.1) is 5.56 Å². The summed E-state index contributed by atoms with van der Waals surface area (Å²) in [6, 6.07) is 4.76. The van der Waals surface area contributed by atoms with Crippen LogP contribution >= 0.6 is 28.1 Å². The van der Waals surface area contributed by atoms with Crippen LogP contribution in [0.25, 0.3) is 11.4 Å². The van der Waals surface area contributed by atoms with E-state index in [-0.39, 0.29) is 11.4 Å². The van der Waals surface area contributed by atoms with E-state index in [1.807, 2.05) is 25.3 Å². The third-order valence-electron chi connectivity index (χ3n) is 2.51. The zero-order valence-electron chi connectivity index (χ0n) is 10.3. The maximum absolute atomic E-state index is 13.9. The van der Waals surface area contributed by atoms with Gasteiger partial charge in [-0.05, 0) is 51.2 Å². The first kappa shape index (κ1) is 13.4. The molecule has 0 aliphatic rings. The molecule has 2 rings (SSSR count). The number of aromatic amines is 1. The lowest BCUT2D eigenvalue weighted by molar-refractivity contribution is 0.395. The molecule has 0 fully saturated rings. The molecule has 96 valence electrons. The van der Waals surface area contributed by atoms with Crippen LogP contribution in [0.3, 0.4) is 0 Å². The first-order valence-corrected chi connectivity index (χ1v) is 6.64. The van der Waals surface area contributed by atoms with Gasteiger partial charge in [-0.1, -0.05) is 15.9 Å². The molecule has 18 heavy (non-hydrogen) atoms. The summed E-state index contributed by atoms with van der Waals surface area (Å²) in [5.41, 5.74) is 0.153. The van der Waals surface area contributed by atoms with E-state index in [9.17, 15) is 4.39 Å². The molecule has 0 atom stereocenters. The molecular weight excluding hydrogens is 317 g/mol. The smallest absolute Gasteiger partial charge is 0.195 e. The largest absolute Gasteiger partial charge is 0.295 e. The van der Waals surface area contributed by atoms with E-state index in [2.05, 4.69) is 26.1 Å². The molecule has 3 nitrogen and oxygen atoms in total. The molecule has 0 unspecified atom stereocenters. The highest BCUT2D eigenvalue weighted by Crippen LogP contribution is 2.28. The van der Waals surface area contributed by atoms with Gasteiger partial charge < -0.3 is 0 Å². The Bertz CT molecular complexity index is 640. The Morgan fingerprint density at radius 3 is 2.67 bits per heavy atom.